The first-order chi connectivity index (χ1) is 13.3. The molecule has 144 valence electrons. The topological polar surface area (TPSA) is 116 Å². The minimum Gasteiger partial charge on any atom is -0.321 e. The minimum absolute atomic E-state index is 0.172. The van der Waals surface area contributed by atoms with E-state index in [9.17, 15) is 14.9 Å². The van der Waals surface area contributed by atoms with Crippen LogP contribution in [-0.2, 0) is 7.05 Å². The third kappa shape index (κ3) is 4.34. The second-order valence-corrected chi connectivity index (χ2v) is 7.36. The van der Waals surface area contributed by atoms with Crippen molar-refractivity contribution >= 4 is 29.0 Å². The van der Waals surface area contributed by atoms with E-state index >= 15 is 0 Å². The molecule has 0 atom stereocenters. The fourth-order valence-electron chi connectivity index (χ4n) is 2.37. The Kier molecular flexibility index (Phi) is 5.69. The Hall–Kier alpha value is -3.27. The molecule has 0 fully saturated rings. The lowest BCUT2D eigenvalue weighted by Crippen LogP contribution is -2.12. The maximum Gasteiger partial charge on any atom is 0.284 e. The summed E-state index contributed by atoms with van der Waals surface area (Å²) in [6, 6.07) is 7.92. The number of nitrogens with zero attached hydrogens (tertiary/aromatic N) is 5. The van der Waals surface area contributed by atoms with Crippen LogP contribution in [0.5, 0.6) is 0 Å². The number of rotatable bonds is 6. The highest BCUT2D eigenvalue weighted by Crippen LogP contribution is 2.34. The van der Waals surface area contributed by atoms with Crippen molar-refractivity contribution in [1.82, 2.24) is 19.7 Å². The summed E-state index contributed by atoms with van der Waals surface area (Å²) in [6.07, 6.45) is 3.08. The zero-order valence-corrected chi connectivity index (χ0v) is 16.3. The first kappa shape index (κ1) is 19.5. The number of aromatic nitrogens is 4. The van der Waals surface area contributed by atoms with Crippen LogP contribution < -0.4 is 5.32 Å². The van der Waals surface area contributed by atoms with E-state index in [-0.39, 0.29) is 17.2 Å². The van der Waals surface area contributed by atoms with Gasteiger partial charge in [-0.05, 0) is 41.9 Å². The van der Waals surface area contributed by atoms with Crippen molar-refractivity contribution in [3.8, 4) is 0 Å². The maximum absolute atomic E-state index is 12.5. The molecule has 0 aliphatic rings. The Bertz CT molecular complexity index is 1020. The smallest absolute Gasteiger partial charge is 0.284 e. The van der Waals surface area contributed by atoms with Crippen molar-refractivity contribution in [2.75, 3.05) is 5.32 Å². The van der Waals surface area contributed by atoms with Gasteiger partial charge in [-0.25, -0.2) is 0 Å². The fourth-order valence-corrected chi connectivity index (χ4v) is 3.22. The van der Waals surface area contributed by atoms with Gasteiger partial charge in [0.05, 0.1) is 21.7 Å². The molecule has 0 saturated heterocycles. The number of hydrogen-bond donors (Lipinski definition) is 1. The molecule has 2 heterocycles. The first-order valence-corrected chi connectivity index (χ1v) is 9.24. The van der Waals surface area contributed by atoms with E-state index in [4.69, 9.17) is 0 Å². The number of carbonyl (C=O) groups excluding carboxylic acids is 1. The lowest BCUT2D eigenvalue weighted by atomic mass is 10.1. The minimum atomic E-state index is -0.519. The summed E-state index contributed by atoms with van der Waals surface area (Å²) in [7, 11) is 1.74. The van der Waals surface area contributed by atoms with Crippen LogP contribution in [0.25, 0.3) is 0 Å². The lowest BCUT2D eigenvalue weighted by Gasteiger charge is -2.08. The molecule has 3 rings (SSSR count). The average molecular weight is 398 g/mol. The van der Waals surface area contributed by atoms with E-state index in [1.165, 1.54) is 24.5 Å². The van der Waals surface area contributed by atoms with Crippen molar-refractivity contribution in [2.24, 2.45) is 7.05 Å². The molecule has 0 radical (unpaired) electrons. The van der Waals surface area contributed by atoms with Crippen molar-refractivity contribution < 1.29 is 9.72 Å². The zero-order valence-electron chi connectivity index (χ0n) is 15.5. The lowest BCUT2D eigenvalue weighted by molar-refractivity contribution is -0.387. The predicted octanol–water partition coefficient (Wildman–Crippen LogP) is 3.65. The quantitative estimate of drug-likeness (QED) is 0.498. The van der Waals surface area contributed by atoms with Crippen LogP contribution in [0.3, 0.4) is 0 Å². The zero-order chi connectivity index (χ0) is 20.3. The number of nitrogens with one attached hydrogen (secondary N) is 1. The SMILES string of the molecule is CC(C)c1ccc(NC(=O)c2ccc(Sc3nncn3C)c([N+](=O)[O-])c2)cn1. The normalized spacial score (nSPS) is 10.9. The summed E-state index contributed by atoms with van der Waals surface area (Å²) >= 11 is 1.11. The molecule has 0 aliphatic heterocycles. The third-order valence-corrected chi connectivity index (χ3v) is 5.04. The standard InChI is InChI=1S/C18H18N6O3S/c1-11(2)14-6-5-13(9-19-14)21-17(25)12-4-7-16(15(8-12)24(26)27)28-18-22-20-10-23(18)3/h4-11H,1-3H3,(H,21,25). The molecular formula is C18H18N6O3S. The molecule has 0 spiro atoms. The largest absolute Gasteiger partial charge is 0.321 e. The summed E-state index contributed by atoms with van der Waals surface area (Å²) in [6.45, 7) is 4.06. The summed E-state index contributed by atoms with van der Waals surface area (Å²) in [5, 5.41) is 22.4. The monoisotopic (exact) mass is 398 g/mol. The van der Waals surface area contributed by atoms with Crippen LogP contribution in [0.15, 0.2) is 52.9 Å². The van der Waals surface area contributed by atoms with Gasteiger partial charge in [0.1, 0.15) is 6.33 Å². The van der Waals surface area contributed by atoms with Gasteiger partial charge in [0.25, 0.3) is 11.6 Å². The summed E-state index contributed by atoms with van der Waals surface area (Å²) in [5.74, 6) is -0.163. The molecule has 1 N–H and O–H groups in total. The highest BCUT2D eigenvalue weighted by molar-refractivity contribution is 7.99. The first-order valence-electron chi connectivity index (χ1n) is 8.42. The van der Waals surface area contributed by atoms with Gasteiger partial charge in [0.2, 0.25) is 0 Å². The average Bonchev–Trinajstić information content (AvgIpc) is 3.07. The van der Waals surface area contributed by atoms with Crippen LogP contribution in [0, 0.1) is 10.1 Å². The number of nitro benzene ring substituents is 1. The second kappa shape index (κ2) is 8.17. The Morgan fingerprint density at radius 2 is 2.07 bits per heavy atom. The summed E-state index contributed by atoms with van der Waals surface area (Å²) in [5.41, 5.74) is 1.45. The number of carbonyl (C=O) groups is 1. The second-order valence-electron chi connectivity index (χ2n) is 6.35. The van der Waals surface area contributed by atoms with Gasteiger partial charge in [0, 0.05) is 24.4 Å². The molecule has 3 aromatic rings. The summed E-state index contributed by atoms with van der Waals surface area (Å²) in [4.78, 5) is 28.1. The van der Waals surface area contributed by atoms with Crippen LogP contribution in [0.1, 0.15) is 35.8 Å². The highest BCUT2D eigenvalue weighted by atomic mass is 32.2. The molecule has 0 unspecified atom stereocenters. The van der Waals surface area contributed by atoms with Crippen molar-refractivity contribution in [3.63, 3.8) is 0 Å². The van der Waals surface area contributed by atoms with E-state index in [1.54, 1.807) is 23.9 Å². The molecule has 1 amide bonds. The van der Waals surface area contributed by atoms with Crippen molar-refractivity contribution in [2.45, 2.75) is 29.8 Å². The molecule has 2 aromatic heterocycles. The van der Waals surface area contributed by atoms with E-state index in [0.717, 1.165) is 17.5 Å². The Morgan fingerprint density at radius 3 is 2.64 bits per heavy atom. The van der Waals surface area contributed by atoms with E-state index in [0.29, 0.717) is 15.7 Å². The van der Waals surface area contributed by atoms with Gasteiger partial charge < -0.3 is 9.88 Å². The number of nitro groups is 1. The van der Waals surface area contributed by atoms with Gasteiger partial charge in [-0.15, -0.1) is 10.2 Å². The van der Waals surface area contributed by atoms with Gasteiger partial charge in [-0.3, -0.25) is 19.9 Å². The molecule has 1 aromatic carbocycles. The number of anilines is 1. The molecule has 9 nitrogen and oxygen atoms in total. The molecular weight excluding hydrogens is 380 g/mol. The summed E-state index contributed by atoms with van der Waals surface area (Å²) < 4.78 is 1.66. The van der Waals surface area contributed by atoms with Gasteiger partial charge in [0.15, 0.2) is 5.16 Å². The Labute approximate surface area is 165 Å². The van der Waals surface area contributed by atoms with Crippen molar-refractivity contribution in [3.05, 3.63) is 64.2 Å². The Balaban J connectivity index is 1.81. The maximum atomic E-state index is 12.5. The fraction of sp³-hybridized carbons (Fsp3) is 0.222. The van der Waals surface area contributed by atoms with Crippen LogP contribution >= 0.6 is 11.8 Å². The molecule has 28 heavy (non-hydrogen) atoms. The molecule has 0 bridgehead atoms. The van der Waals surface area contributed by atoms with Gasteiger partial charge >= 0.3 is 0 Å². The van der Waals surface area contributed by atoms with Gasteiger partial charge in [-0.1, -0.05) is 13.8 Å². The number of aryl methyl sites for hydroxylation is 1. The number of benzene rings is 1. The van der Waals surface area contributed by atoms with Crippen LogP contribution in [0.2, 0.25) is 0 Å². The highest BCUT2D eigenvalue weighted by Gasteiger charge is 2.20. The van der Waals surface area contributed by atoms with Crippen LogP contribution in [-0.4, -0.2) is 30.6 Å². The van der Waals surface area contributed by atoms with E-state index in [2.05, 4.69) is 20.5 Å². The van der Waals surface area contributed by atoms with Crippen molar-refractivity contribution in [1.29, 1.82) is 0 Å². The van der Waals surface area contributed by atoms with E-state index in [1.807, 2.05) is 19.9 Å². The Morgan fingerprint density at radius 1 is 1.29 bits per heavy atom. The number of amides is 1. The number of hydrogen-bond acceptors (Lipinski definition) is 7. The molecule has 0 saturated carbocycles. The predicted molar refractivity (Wildman–Crippen MR) is 105 cm³/mol. The molecule has 0 aliphatic carbocycles. The third-order valence-electron chi connectivity index (χ3n) is 3.92. The van der Waals surface area contributed by atoms with E-state index < -0.39 is 10.8 Å². The van der Waals surface area contributed by atoms with Gasteiger partial charge in [-0.2, -0.15) is 0 Å². The molecule has 10 heteroatoms. The van der Waals surface area contributed by atoms with Crippen LogP contribution in [0.4, 0.5) is 11.4 Å². The number of pyridine rings is 1.